The number of benzene rings is 1. The minimum atomic E-state index is -3.44. The zero-order valence-electron chi connectivity index (χ0n) is 14.9. The molecule has 0 aliphatic heterocycles. The van der Waals surface area contributed by atoms with Gasteiger partial charge in [-0.2, -0.15) is 17.6 Å². The number of rotatable bonds is 8. The summed E-state index contributed by atoms with van der Waals surface area (Å²) < 4.78 is 87.8. The molecule has 0 unspecified atom stereocenters. The van der Waals surface area contributed by atoms with Crippen LogP contribution in [0.15, 0.2) is 24.3 Å². The number of halogens is 6. The Morgan fingerprint density at radius 1 is 1.11 bits per heavy atom. The standard InChI is InChI=1S/C19H22F6O2/c1-2-3-12-4-6-13(7-5-12)10-19(24,25)26-11-14-8-15(20)17(16(21)9-14)27-18(22)23/h2-3,8-9,12-13,18H,4-7,10-11H2,1H3/b3-2+/t12-,13-. The Balaban J connectivity index is 1.89. The van der Waals surface area contributed by atoms with Crippen LogP contribution in [-0.2, 0) is 11.3 Å². The Morgan fingerprint density at radius 3 is 2.22 bits per heavy atom. The second-order valence-electron chi connectivity index (χ2n) is 6.70. The van der Waals surface area contributed by atoms with Gasteiger partial charge in [0.05, 0.1) is 6.61 Å². The molecule has 1 aliphatic carbocycles. The highest BCUT2D eigenvalue weighted by Gasteiger charge is 2.35. The monoisotopic (exact) mass is 396 g/mol. The Morgan fingerprint density at radius 2 is 1.70 bits per heavy atom. The molecule has 0 amide bonds. The molecular formula is C19H22F6O2. The summed E-state index contributed by atoms with van der Waals surface area (Å²) >= 11 is 0. The average Bonchev–Trinajstić information content (AvgIpc) is 2.58. The van der Waals surface area contributed by atoms with Crippen molar-refractivity contribution < 1.29 is 35.8 Å². The molecule has 8 heteroatoms. The van der Waals surface area contributed by atoms with Crippen molar-refractivity contribution in [3.05, 3.63) is 41.5 Å². The van der Waals surface area contributed by atoms with E-state index in [0.717, 1.165) is 12.8 Å². The van der Waals surface area contributed by atoms with Gasteiger partial charge in [0.1, 0.15) is 0 Å². The quantitative estimate of drug-likeness (QED) is 0.371. The fourth-order valence-corrected chi connectivity index (χ4v) is 3.34. The van der Waals surface area contributed by atoms with Gasteiger partial charge in [0, 0.05) is 6.42 Å². The number of allylic oxidation sites excluding steroid dienone is 2. The molecule has 1 aliphatic rings. The molecule has 1 aromatic carbocycles. The zero-order valence-corrected chi connectivity index (χ0v) is 14.9. The minimum absolute atomic E-state index is 0.184. The lowest BCUT2D eigenvalue weighted by Crippen LogP contribution is -2.27. The lowest BCUT2D eigenvalue weighted by molar-refractivity contribution is -0.256. The Kier molecular flexibility index (Phi) is 7.59. The summed E-state index contributed by atoms with van der Waals surface area (Å²) in [5.74, 6) is -3.82. The molecule has 2 rings (SSSR count). The summed E-state index contributed by atoms with van der Waals surface area (Å²) in [6.45, 7) is -2.22. The predicted molar refractivity (Wildman–Crippen MR) is 87.6 cm³/mol. The maximum absolute atomic E-state index is 14.0. The van der Waals surface area contributed by atoms with Crippen molar-refractivity contribution in [1.29, 1.82) is 0 Å². The molecule has 1 saturated carbocycles. The summed E-state index contributed by atoms with van der Waals surface area (Å²) in [5.41, 5.74) is -0.233. The van der Waals surface area contributed by atoms with Crippen LogP contribution < -0.4 is 4.74 Å². The molecular weight excluding hydrogens is 374 g/mol. The molecule has 0 aromatic heterocycles. The first-order valence-electron chi connectivity index (χ1n) is 8.77. The van der Waals surface area contributed by atoms with E-state index in [1.807, 2.05) is 13.0 Å². The third-order valence-electron chi connectivity index (χ3n) is 4.60. The van der Waals surface area contributed by atoms with Gasteiger partial charge >= 0.3 is 12.7 Å². The van der Waals surface area contributed by atoms with E-state index in [2.05, 4.69) is 15.5 Å². The van der Waals surface area contributed by atoms with Crippen LogP contribution in [0.25, 0.3) is 0 Å². The SMILES string of the molecule is C/C=C/[C@H]1CC[C@H](CC(F)(F)OCc2cc(F)c(OC(F)F)c(F)c2)CC1. The average molecular weight is 396 g/mol. The highest BCUT2D eigenvalue weighted by atomic mass is 19.3. The fourth-order valence-electron chi connectivity index (χ4n) is 3.34. The summed E-state index contributed by atoms with van der Waals surface area (Å²) in [6, 6.07) is 1.28. The maximum atomic E-state index is 14.0. The molecule has 0 bridgehead atoms. The maximum Gasteiger partial charge on any atom is 0.387 e. The second-order valence-corrected chi connectivity index (χ2v) is 6.70. The molecule has 2 nitrogen and oxygen atoms in total. The van der Waals surface area contributed by atoms with E-state index in [9.17, 15) is 26.3 Å². The van der Waals surface area contributed by atoms with Gasteiger partial charge in [-0.05, 0) is 62.1 Å². The molecule has 0 radical (unpaired) electrons. The van der Waals surface area contributed by atoms with Gasteiger partial charge in [0.15, 0.2) is 17.4 Å². The van der Waals surface area contributed by atoms with Crippen molar-refractivity contribution in [3.8, 4) is 5.75 Å². The fraction of sp³-hybridized carbons (Fsp3) is 0.579. The smallest absolute Gasteiger partial charge is 0.387 e. The number of hydrogen-bond acceptors (Lipinski definition) is 2. The highest BCUT2D eigenvalue weighted by molar-refractivity contribution is 5.31. The van der Waals surface area contributed by atoms with Crippen molar-refractivity contribution in [2.24, 2.45) is 11.8 Å². The van der Waals surface area contributed by atoms with Crippen LogP contribution in [0.3, 0.4) is 0 Å². The van der Waals surface area contributed by atoms with Crippen molar-refractivity contribution >= 4 is 0 Å². The van der Waals surface area contributed by atoms with Crippen LogP contribution in [0, 0.1) is 23.5 Å². The first-order chi connectivity index (χ1) is 12.7. The van der Waals surface area contributed by atoms with Gasteiger partial charge in [-0.15, -0.1) is 0 Å². The minimum Gasteiger partial charge on any atom is -0.429 e. The van der Waals surface area contributed by atoms with Crippen molar-refractivity contribution in [2.45, 2.75) is 58.4 Å². The van der Waals surface area contributed by atoms with E-state index in [4.69, 9.17) is 0 Å². The molecule has 1 fully saturated rings. The van der Waals surface area contributed by atoms with Gasteiger partial charge in [0.25, 0.3) is 0 Å². The van der Waals surface area contributed by atoms with Crippen LogP contribution in [-0.4, -0.2) is 12.7 Å². The molecule has 0 spiro atoms. The van der Waals surface area contributed by atoms with E-state index in [1.54, 1.807) is 0 Å². The molecule has 1 aromatic rings. The van der Waals surface area contributed by atoms with E-state index < -0.39 is 43.1 Å². The van der Waals surface area contributed by atoms with Crippen LogP contribution in [0.4, 0.5) is 26.3 Å². The Labute approximate surface area is 154 Å². The van der Waals surface area contributed by atoms with Gasteiger partial charge in [0.2, 0.25) is 0 Å². The van der Waals surface area contributed by atoms with Crippen LogP contribution in [0.1, 0.15) is 44.6 Å². The first kappa shape index (κ1) is 21.6. The molecule has 27 heavy (non-hydrogen) atoms. The number of alkyl halides is 4. The normalized spacial score (nSPS) is 21.2. The molecule has 0 atom stereocenters. The van der Waals surface area contributed by atoms with E-state index in [1.165, 1.54) is 0 Å². The molecule has 0 saturated heterocycles. The number of ether oxygens (including phenoxy) is 2. The largest absolute Gasteiger partial charge is 0.429 e. The van der Waals surface area contributed by atoms with E-state index >= 15 is 0 Å². The molecule has 0 N–H and O–H groups in total. The van der Waals surface area contributed by atoms with Crippen LogP contribution >= 0.6 is 0 Å². The Bertz CT molecular complexity index is 616. The number of hydrogen-bond donors (Lipinski definition) is 0. The van der Waals surface area contributed by atoms with Gasteiger partial charge in [-0.25, -0.2) is 8.78 Å². The van der Waals surface area contributed by atoms with Gasteiger partial charge in [-0.3, -0.25) is 0 Å². The summed E-state index contributed by atoms with van der Waals surface area (Å²) in [4.78, 5) is 0. The molecule has 152 valence electrons. The van der Waals surface area contributed by atoms with Crippen molar-refractivity contribution in [3.63, 3.8) is 0 Å². The van der Waals surface area contributed by atoms with Gasteiger partial charge in [-0.1, -0.05) is 12.2 Å². The van der Waals surface area contributed by atoms with Crippen molar-refractivity contribution in [2.75, 3.05) is 0 Å². The van der Waals surface area contributed by atoms with E-state index in [-0.39, 0.29) is 11.5 Å². The lowest BCUT2D eigenvalue weighted by atomic mass is 9.80. The Hall–Kier alpha value is -1.70. The van der Waals surface area contributed by atoms with Crippen LogP contribution in [0.5, 0.6) is 5.75 Å². The third kappa shape index (κ3) is 6.75. The van der Waals surface area contributed by atoms with Crippen molar-refractivity contribution in [1.82, 2.24) is 0 Å². The topological polar surface area (TPSA) is 18.5 Å². The van der Waals surface area contributed by atoms with Crippen LogP contribution in [0.2, 0.25) is 0 Å². The third-order valence-corrected chi connectivity index (χ3v) is 4.60. The first-order valence-corrected chi connectivity index (χ1v) is 8.77. The summed E-state index contributed by atoms with van der Waals surface area (Å²) in [7, 11) is 0. The zero-order chi connectivity index (χ0) is 20.0. The second kappa shape index (κ2) is 9.48. The summed E-state index contributed by atoms with van der Waals surface area (Å²) in [6.07, 6.45) is 3.14. The summed E-state index contributed by atoms with van der Waals surface area (Å²) in [5, 5.41) is 0. The molecule has 0 heterocycles. The predicted octanol–water partition coefficient (Wildman–Crippen LogP) is 6.45. The lowest BCUT2D eigenvalue weighted by Gasteiger charge is -2.29. The highest BCUT2D eigenvalue weighted by Crippen LogP contribution is 2.37. The van der Waals surface area contributed by atoms with E-state index in [0.29, 0.717) is 30.9 Å². The van der Waals surface area contributed by atoms with Gasteiger partial charge < -0.3 is 9.47 Å².